The second-order valence-corrected chi connectivity index (χ2v) is 6.75. The Hall–Kier alpha value is -2.94. The number of rotatable bonds is 4. The van der Waals surface area contributed by atoms with Gasteiger partial charge in [-0.1, -0.05) is 11.6 Å². The number of amides is 3. The first-order valence-corrected chi connectivity index (χ1v) is 8.85. The number of nitrogens with one attached hydrogen (secondary N) is 2. The van der Waals surface area contributed by atoms with Crippen LogP contribution in [0.2, 0.25) is 5.02 Å². The van der Waals surface area contributed by atoms with E-state index < -0.39 is 35.4 Å². The first kappa shape index (κ1) is 19.8. The van der Waals surface area contributed by atoms with Crippen LogP contribution in [-0.4, -0.2) is 48.8 Å². The summed E-state index contributed by atoms with van der Waals surface area (Å²) in [5.74, 6) is -3.62. The summed E-state index contributed by atoms with van der Waals surface area (Å²) in [6, 6.07) is 3.71. The first-order chi connectivity index (χ1) is 13.3. The average molecular weight is 410 g/mol. The van der Waals surface area contributed by atoms with Crippen molar-refractivity contribution in [2.45, 2.75) is 12.8 Å². The molecule has 2 aliphatic heterocycles. The maximum absolute atomic E-state index is 13.2. The predicted octanol–water partition coefficient (Wildman–Crippen LogP) is 1.21. The molecule has 3 rings (SSSR count). The van der Waals surface area contributed by atoms with E-state index in [0.29, 0.717) is 0 Å². The van der Waals surface area contributed by atoms with Gasteiger partial charge in [-0.05, 0) is 24.6 Å². The molecular formula is C18H17ClFN3O5. The number of carbonyl (C=O) groups excluding carboxylic acids is 4. The number of fused-ring (bicyclic) bond motifs is 1. The van der Waals surface area contributed by atoms with E-state index in [0.717, 1.165) is 6.07 Å². The molecule has 0 aromatic heterocycles. The zero-order chi connectivity index (χ0) is 20.4. The number of halogens is 2. The van der Waals surface area contributed by atoms with Crippen molar-refractivity contribution >= 4 is 41.0 Å². The molecular weight excluding hydrogens is 393 g/mol. The Morgan fingerprint density at radius 3 is 2.82 bits per heavy atom. The summed E-state index contributed by atoms with van der Waals surface area (Å²) in [4.78, 5) is 50.6. The van der Waals surface area contributed by atoms with Gasteiger partial charge in [0.15, 0.2) is 0 Å². The second kappa shape index (κ2) is 7.97. The van der Waals surface area contributed by atoms with Gasteiger partial charge in [0.1, 0.15) is 11.5 Å². The van der Waals surface area contributed by atoms with Crippen molar-refractivity contribution in [3.8, 4) is 0 Å². The van der Waals surface area contributed by atoms with Crippen LogP contribution >= 0.6 is 11.6 Å². The lowest BCUT2D eigenvalue weighted by atomic mass is 9.88. The number of hydrogen-bond acceptors (Lipinski definition) is 5. The molecule has 1 aromatic rings. The number of piperazine rings is 1. The maximum atomic E-state index is 13.2. The van der Waals surface area contributed by atoms with Gasteiger partial charge in [0.05, 0.1) is 23.6 Å². The van der Waals surface area contributed by atoms with Crippen molar-refractivity contribution in [2.24, 2.45) is 5.92 Å². The van der Waals surface area contributed by atoms with Gasteiger partial charge in [0, 0.05) is 25.2 Å². The molecule has 1 aromatic carbocycles. The van der Waals surface area contributed by atoms with E-state index in [1.165, 1.54) is 24.1 Å². The van der Waals surface area contributed by atoms with Crippen LogP contribution in [0.3, 0.4) is 0 Å². The highest BCUT2D eigenvalue weighted by atomic mass is 35.5. The highest BCUT2D eigenvalue weighted by molar-refractivity contribution is 6.31. The molecule has 3 amide bonds. The van der Waals surface area contributed by atoms with Crippen molar-refractivity contribution in [2.75, 3.05) is 25.5 Å². The Bertz CT molecular complexity index is 901. The van der Waals surface area contributed by atoms with E-state index in [1.54, 1.807) is 0 Å². The molecule has 1 atom stereocenters. The predicted molar refractivity (Wildman–Crippen MR) is 96.5 cm³/mol. The van der Waals surface area contributed by atoms with Gasteiger partial charge in [0.2, 0.25) is 11.8 Å². The van der Waals surface area contributed by atoms with E-state index in [2.05, 4.69) is 10.6 Å². The third-order valence-electron chi connectivity index (χ3n) is 4.52. The molecule has 8 nitrogen and oxygen atoms in total. The van der Waals surface area contributed by atoms with Crippen LogP contribution in [0.1, 0.15) is 12.8 Å². The monoisotopic (exact) mass is 409 g/mol. The molecule has 0 radical (unpaired) electrons. The third kappa shape index (κ3) is 3.84. The summed E-state index contributed by atoms with van der Waals surface area (Å²) in [5.41, 5.74) is 0.313. The van der Waals surface area contributed by atoms with Crippen molar-refractivity contribution in [1.29, 1.82) is 0 Å². The van der Waals surface area contributed by atoms with Crippen LogP contribution in [0.15, 0.2) is 29.5 Å². The standard InChI is InChI=1S/C18H17ClFN3O5/c1-28-18(27)11-6-9(17(26)23-5-4-21-16(25)15(11)23)7-14(24)22-10-2-3-13(20)12(19)8-10/h2-3,8-9H,4-7H2,1H3,(H,21,25)(H,22,24). The Labute approximate surface area is 164 Å². The minimum Gasteiger partial charge on any atom is -0.466 e. The molecule has 2 aliphatic rings. The molecule has 148 valence electrons. The minimum absolute atomic E-state index is 0.0231. The van der Waals surface area contributed by atoms with Crippen molar-refractivity contribution in [3.63, 3.8) is 0 Å². The second-order valence-electron chi connectivity index (χ2n) is 6.35. The summed E-state index contributed by atoms with van der Waals surface area (Å²) in [7, 11) is 1.18. The number of carbonyl (C=O) groups is 4. The fourth-order valence-corrected chi connectivity index (χ4v) is 3.42. The Kier molecular flexibility index (Phi) is 5.64. The van der Waals surface area contributed by atoms with Crippen LogP contribution in [0.5, 0.6) is 0 Å². The zero-order valence-corrected chi connectivity index (χ0v) is 15.6. The van der Waals surface area contributed by atoms with E-state index in [-0.39, 0.29) is 47.9 Å². The molecule has 0 bridgehead atoms. The van der Waals surface area contributed by atoms with Crippen LogP contribution in [0.25, 0.3) is 0 Å². The third-order valence-corrected chi connectivity index (χ3v) is 4.81. The SMILES string of the molecule is COC(=O)C1=C2C(=O)NCCN2C(=O)C(CC(=O)Nc2ccc(F)c(Cl)c2)C1. The van der Waals surface area contributed by atoms with Crippen LogP contribution < -0.4 is 10.6 Å². The lowest BCUT2D eigenvalue weighted by molar-refractivity contribution is -0.143. The molecule has 0 aliphatic carbocycles. The largest absolute Gasteiger partial charge is 0.466 e. The van der Waals surface area contributed by atoms with E-state index in [1.807, 2.05) is 0 Å². The number of ether oxygens (including phenoxy) is 1. The lowest BCUT2D eigenvalue weighted by Crippen LogP contribution is -2.53. The number of esters is 1. The van der Waals surface area contributed by atoms with Gasteiger partial charge in [-0.3, -0.25) is 14.4 Å². The summed E-state index contributed by atoms with van der Waals surface area (Å²) in [6.07, 6.45) is -0.317. The van der Waals surface area contributed by atoms with E-state index in [4.69, 9.17) is 16.3 Å². The molecule has 1 fully saturated rings. The number of benzene rings is 1. The highest BCUT2D eigenvalue weighted by Gasteiger charge is 2.42. The Morgan fingerprint density at radius 1 is 1.39 bits per heavy atom. The van der Waals surface area contributed by atoms with Crippen LogP contribution in [-0.2, 0) is 23.9 Å². The zero-order valence-electron chi connectivity index (χ0n) is 14.9. The number of nitrogens with zero attached hydrogens (tertiary/aromatic N) is 1. The summed E-state index contributed by atoms with van der Waals surface area (Å²) in [6.45, 7) is 0.446. The van der Waals surface area contributed by atoms with Crippen LogP contribution in [0.4, 0.5) is 10.1 Å². The first-order valence-electron chi connectivity index (χ1n) is 8.47. The Balaban J connectivity index is 1.79. The summed E-state index contributed by atoms with van der Waals surface area (Å²) < 4.78 is 18.0. The smallest absolute Gasteiger partial charge is 0.336 e. The molecule has 1 saturated heterocycles. The molecule has 2 heterocycles. The van der Waals surface area contributed by atoms with Gasteiger partial charge >= 0.3 is 5.97 Å². The van der Waals surface area contributed by atoms with Gasteiger partial charge < -0.3 is 20.3 Å². The summed E-state index contributed by atoms with van der Waals surface area (Å²) >= 11 is 5.69. The molecule has 28 heavy (non-hydrogen) atoms. The Morgan fingerprint density at radius 2 is 2.14 bits per heavy atom. The fourth-order valence-electron chi connectivity index (χ4n) is 3.24. The van der Waals surface area contributed by atoms with Gasteiger partial charge in [-0.25, -0.2) is 9.18 Å². The van der Waals surface area contributed by atoms with Crippen molar-refractivity contribution in [1.82, 2.24) is 10.2 Å². The van der Waals surface area contributed by atoms with Crippen molar-refractivity contribution < 1.29 is 28.3 Å². The van der Waals surface area contributed by atoms with Gasteiger partial charge in [-0.15, -0.1) is 0 Å². The summed E-state index contributed by atoms with van der Waals surface area (Å²) in [5, 5.41) is 4.99. The highest BCUT2D eigenvalue weighted by Crippen LogP contribution is 2.32. The van der Waals surface area contributed by atoms with Crippen molar-refractivity contribution in [3.05, 3.63) is 40.3 Å². The van der Waals surface area contributed by atoms with Crippen LogP contribution in [0, 0.1) is 11.7 Å². The van der Waals surface area contributed by atoms with E-state index >= 15 is 0 Å². The number of anilines is 1. The number of hydrogen-bond donors (Lipinski definition) is 2. The van der Waals surface area contributed by atoms with Gasteiger partial charge in [-0.2, -0.15) is 0 Å². The fraction of sp³-hybridized carbons (Fsp3) is 0.333. The lowest BCUT2D eigenvalue weighted by Gasteiger charge is -2.37. The normalized spacial score (nSPS) is 19.1. The average Bonchev–Trinajstić information content (AvgIpc) is 2.66. The van der Waals surface area contributed by atoms with Gasteiger partial charge in [0.25, 0.3) is 5.91 Å². The quantitative estimate of drug-likeness (QED) is 0.727. The minimum atomic E-state index is -0.834. The molecule has 2 N–H and O–H groups in total. The number of methoxy groups -OCH3 is 1. The molecule has 0 saturated carbocycles. The maximum Gasteiger partial charge on any atom is 0.336 e. The molecule has 10 heteroatoms. The molecule has 0 spiro atoms. The molecule has 1 unspecified atom stereocenters. The topological polar surface area (TPSA) is 105 Å². The van der Waals surface area contributed by atoms with E-state index in [9.17, 15) is 23.6 Å².